The summed E-state index contributed by atoms with van der Waals surface area (Å²) in [6, 6.07) is 0.574. The smallest absolute Gasteiger partial charge is 0.00418 e. The van der Waals surface area contributed by atoms with E-state index in [2.05, 4.69) is 51.5 Å². The molecular formula is C14H30N2. The van der Waals surface area contributed by atoms with Crippen LogP contribution in [0.25, 0.3) is 0 Å². The molecule has 0 fully saturated rings. The molecule has 0 aliphatic carbocycles. The van der Waals surface area contributed by atoms with Crippen molar-refractivity contribution in [3.05, 3.63) is 12.7 Å². The van der Waals surface area contributed by atoms with E-state index in [4.69, 9.17) is 0 Å². The van der Waals surface area contributed by atoms with Gasteiger partial charge >= 0.3 is 0 Å². The van der Waals surface area contributed by atoms with Crippen LogP contribution in [0.2, 0.25) is 0 Å². The highest BCUT2D eigenvalue weighted by molar-refractivity contribution is 4.76. The van der Waals surface area contributed by atoms with Crippen molar-refractivity contribution in [3.63, 3.8) is 0 Å². The molecule has 0 unspecified atom stereocenters. The molecule has 0 aliphatic rings. The fourth-order valence-corrected chi connectivity index (χ4v) is 1.85. The van der Waals surface area contributed by atoms with Crippen LogP contribution in [0.4, 0.5) is 0 Å². The maximum Gasteiger partial charge on any atom is 0.00418 e. The van der Waals surface area contributed by atoms with Crippen molar-refractivity contribution in [1.29, 1.82) is 0 Å². The van der Waals surface area contributed by atoms with Crippen LogP contribution in [0.1, 0.15) is 40.5 Å². The van der Waals surface area contributed by atoms with Gasteiger partial charge in [-0.25, -0.2) is 0 Å². The number of unbranched alkanes of at least 4 members (excludes halogenated alkanes) is 1. The van der Waals surface area contributed by atoms with Crippen LogP contribution in [-0.2, 0) is 0 Å². The van der Waals surface area contributed by atoms with Gasteiger partial charge in [-0.3, -0.25) is 0 Å². The molecule has 0 aromatic heterocycles. The average Bonchev–Trinajstić information content (AvgIpc) is 2.15. The third-order valence-corrected chi connectivity index (χ3v) is 2.63. The lowest BCUT2D eigenvalue weighted by molar-refractivity contribution is 0.200. The van der Waals surface area contributed by atoms with E-state index in [9.17, 15) is 0 Å². The van der Waals surface area contributed by atoms with Gasteiger partial charge in [0.2, 0.25) is 0 Å². The summed E-state index contributed by atoms with van der Waals surface area (Å²) in [5, 5.41) is 3.52. The lowest BCUT2D eigenvalue weighted by Gasteiger charge is -2.31. The number of rotatable bonds is 9. The van der Waals surface area contributed by atoms with Gasteiger partial charge in [0.05, 0.1) is 0 Å². The standard InChI is InChI=1S/C14H30N2/c1-7-8-9-10-16(6)12-14(4,5)11-15-13(2)3/h7,13,15H,1,8-12H2,2-6H3. The van der Waals surface area contributed by atoms with Crippen LogP contribution in [0, 0.1) is 5.41 Å². The predicted molar refractivity (Wildman–Crippen MR) is 73.8 cm³/mol. The van der Waals surface area contributed by atoms with Gasteiger partial charge in [-0.05, 0) is 31.8 Å². The number of hydrogen-bond acceptors (Lipinski definition) is 2. The Balaban J connectivity index is 3.80. The van der Waals surface area contributed by atoms with Crippen molar-refractivity contribution in [2.45, 2.75) is 46.6 Å². The molecule has 0 amide bonds. The molecule has 1 N–H and O–H groups in total. The van der Waals surface area contributed by atoms with Crippen LogP contribution < -0.4 is 5.32 Å². The van der Waals surface area contributed by atoms with Crippen molar-refractivity contribution in [1.82, 2.24) is 10.2 Å². The minimum atomic E-state index is 0.340. The molecule has 0 rings (SSSR count). The molecule has 0 bridgehead atoms. The molecule has 0 atom stereocenters. The number of nitrogens with zero attached hydrogens (tertiary/aromatic N) is 1. The van der Waals surface area contributed by atoms with E-state index in [1.807, 2.05) is 6.08 Å². The summed E-state index contributed by atoms with van der Waals surface area (Å²) in [5.41, 5.74) is 0.340. The minimum Gasteiger partial charge on any atom is -0.314 e. The lowest BCUT2D eigenvalue weighted by atomic mass is 9.92. The topological polar surface area (TPSA) is 15.3 Å². The van der Waals surface area contributed by atoms with Crippen LogP contribution in [0.15, 0.2) is 12.7 Å². The van der Waals surface area contributed by atoms with Crippen LogP contribution in [0.5, 0.6) is 0 Å². The molecule has 0 heterocycles. The first kappa shape index (κ1) is 15.7. The Morgan fingerprint density at radius 2 is 2.00 bits per heavy atom. The molecule has 2 nitrogen and oxygen atoms in total. The third kappa shape index (κ3) is 8.93. The molecule has 0 spiro atoms. The van der Waals surface area contributed by atoms with Gasteiger partial charge in [0, 0.05) is 19.1 Å². The maximum atomic E-state index is 3.75. The Labute approximate surface area is 102 Å². The summed E-state index contributed by atoms with van der Waals surface area (Å²) in [7, 11) is 2.21. The first-order valence-electron chi connectivity index (χ1n) is 6.40. The van der Waals surface area contributed by atoms with Crippen LogP contribution in [-0.4, -0.2) is 37.6 Å². The summed E-state index contributed by atoms with van der Waals surface area (Å²) >= 11 is 0. The molecule has 16 heavy (non-hydrogen) atoms. The number of hydrogen-bond donors (Lipinski definition) is 1. The van der Waals surface area contributed by atoms with Gasteiger partial charge in [0.1, 0.15) is 0 Å². The second-order valence-electron chi connectivity index (χ2n) is 5.87. The molecule has 0 saturated carbocycles. The van der Waals surface area contributed by atoms with Crippen molar-refractivity contribution in [2.24, 2.45) is 5.41 Å². The molecule has 96 valence electrons. The number of allylic oxidation sites excluding steroid dienone is 1. The molecule has 0 aromatic rings. The number of nitrogens with one attached hydrogen (secondary N) is 1. The van der Waals surface area contributed by atoms with Gasteiger partial charge in [-0.2, -0.15) is 0 Å². The highest BCUT2D eigenvalue weighted by Gasteiger charge is 2.19. The Morgan fingerprint density at radius 1 is 1.38 bits per heavy atom. The molecule has 0 radical (unpaired) electrons. The van der Waals surface area contributed by atoms with E-state index >= 15 is 0 Å². The molecular weight excluding hydrogens is 196 g/mol. The Hall–Kier alpha value is -0.340. The Bertz CT molecular complexity index is 185. The first-order chi connectivity index (χ1) is 7.37. The van der Waals surface area contributed by atoms with Crippen LogP contribution in [0.3, 0.4) is 0 Å². The van der Waals surface area contributed by atoms with E-state index in [0.717, 1.165) is 26.1 Å². The second-order valence-corrected chi connectivity index (χ2v) is 5.87. The molecule has 0 saturated heterocycles. The zero-order valence-corrected chi connectivity index (χ0v) is 11.8. The van der Waals surface area contributed by atoms with E-state index in [1.54, 1.807) is 0 Å². The normalized spacial score (nSPS) is 12.4. The quantitative estimate of drug-likeness (QED) is 0.480. The fourth-order valence-electron chi connectivity index (χ4n) is 1.85. The van der Waals surface area contributed by atoms with Crippen LogP contribution >= 0.6 is 0 Å². The molecule has 2 heteroatoms. The van der Waals surface area contributed by atoms with Gasteiger partial charge in [-0.1, -0.05) is 33.8 Å². The fraction of sp³-hybridized carbons (Fsp3) is 0.857. The second kappa shape index (κ2) is 7.86. The summed E-state index contributed by atoms with van der Waals surface area (Å²) < 4.78 is 0. The van der Waals surface area contributed by atoms with Gasteiger partial charge in [0.25, 0.3) is 0 Å². The van der Waals surface area contributed by atoms with Crippen molar-refractivity contribution >= 4 is 0 Å². The minimum absolute atomic E-state index is 0.340. The van der Waals surface area contributed by atoms with Crippen molar-refractivity contribution < 1.29 is 0 Å². The predicted octanol–water partition coefficient (Wildman–Crippen LogP) is 2.91. The summed E-state index contributed by atoms with van der Waals surface area (Å²) in [6.07, 6.45) is 4.34. The van der Waals surface area contributed by atoms with Gasteiger partial charge in [-0.15, -0.1) is 6.58 Å². The van der Waals surface area contributed by atoms with E-state index in [1.165, 1.54) is 6.42 Å². The average molecular weight is 226 g/mol. The lowest BCUT2D eigenvalue weighted by Crippen LogP contribution is -2.41. The van der Waals surface area contributed by atoms with E-state index < -0.39 is 0 Å². The first-order valence-corrected chi connectivity index (χ1v) is 6.40. The van der Waals surface area contributed by atoms with Gasteiger partial charge in [0.15, 0.2) is 0 Å². The van der Waals surface area contributed by atoms with Crippen molar-refractivity contribution in [2.75, 3.05) is 26.7 Å². The monoisotopic (exact) mass is 226 g/mol. The zero-order valence-electron chi connectivity index (χ0n) is 11.8. The molecule has 0 aromatic carbocycles. The maximum absolute atomic E-state index is 3.75. The molecule has 0 aliphatic heterocycles. The van der Waals surface area contributed by atoms with Crippen molar-refractivity contribution in [3.8, 4) is 0 Å². The summed E-state index contributed by atoms with van der Waals surface area (Å²) in [5.74, 6) is 0. The SMILES string of the molecule is C=CCCCN(C)CC(C)(C)CNC(C)C. The zero-order chi connectivity index (χ0) is 12.6. The highest BCUT2D eigenvalue weighted by Crippen LogP contribution is 2.15. The summed E-state index contributed by atoms with van der Waals surface area (Å²) in [6.45, 7) is 16.2. The van der Waals surface area contributed by atoms with Gasteiger partial charge < -0.3 is 10.2 Å². The summed E-state index contributed by atoms with van der Waals surface area (Å²) in [4.78, 5) is 2.42. The highest BCUT2D eigenvalue weighted by atomic mass is 15.1. The van der Waals surface area contributed by atoms with E-state index in [0.29, 0.717) is 11.5 Å². The third-order valence-electron chi connectivity index (χ3n) is 2.63. The largest absolute Gasteiger partial charge is 0.314 e. The Morgan fingerprint density at radius 3 is 2.50 bits per heavy atom. The Kier molecular flexibility index (Phi) is 7.69. The van der Waals surface area contributed by atoms with E-state index in [-0.39, 0.29) is 0 Å².